The average Bonchev–Trinajstić information content (AvgIpc) is 2.98. The first-order valence-electron chi connectivity index (χ1n) is 16.5. The predicted molar refractivity (Wildman–Crippen MR) is 185 cm³/mol. The van der Waals surface area contributed by atoms with Crippen molar-refractivity contribution in [2.45, 2.75) is 125 Å². The third-order valence-electron chi connectivity index (χ3n) is 7.46. The molecule has 0 aliphatic rings. The number of aliphatic hydroxyl groups excluding tert-OH is 1. The molecule has 13 heteroatoms. The zero-order chi connectivity index (χ0) is 35.8. The molecule has 0 heterocycles. The Morgan fingerprint density at radius 2 is 1.25 bits per heavy atom. The molecule has 0 radical (unpaired) electrons. The fourth-order valence-electron chi connectivity index (χ4n) is 5.03. The molecule has 5 amide bonds. The van der Waals surface area contributed by atoms with Gasteiger partial charge in [0, 0.05) is 12.1 Å². The Morgan fingerprint density at radius 3 is 1.73 bits per heavy atom. The summed E-state index contributed by atoms with van der Waals surface area (Å²) in [4.78, 5) is 76.4. The molecule has 1 rings (SSSR count). The minimum atomic E-state index is -1.26. The number of carboxylic acid groups (broad SMARTS) is 1. The third-order valence-corrected chi connectivity index (χ3v) is 7.46. The summed E-state index contributed by atoms with van der Waals surface area (Å²) in [6.45, 7) is 15.2. The maximum absolute atomic E-state index is 13.5. The molecule has 7 N–H and O–H groups in total. The second-order valence-corrected chi connectivity index (χ2v) is 13.1. The first-order chi connectivity index (χ1) is 22.0. The number of rotatable bonds is 20. The molecule has 1 aromatic rings. The number of aliphatic hydroxyl groups is 1. The predicted octanol–water partition coefficient (Wildman–Crippen LogP) is 3.01. The van der Waals surface area contributed by atoms with E-state index < -0.39 is 59.9 Å². The van der Waals surface area contributed by atoms with Gasteiger partial charge in [-0.1, -0.05) is 62.3 Å². The Bertz CT molecular complexity index is 1200. The summed E-state index contributed by atoms with van der Waals surface area (Å²) < 4.78 is 0. The zero-order valence-corrected chi connectivity index (χ0v) is 29.0. The molecule has 0 saturated carbocycles. The van der Waals surface area contributed by atoms with Crippen LogP contribution in [0.1, 0.15) is 116 Å². The van der Waals surface area contributed by atoms with Gasteiger partial charge in [0.2, 0.25) is 23.6 Å². The van der Waals surface area contributed by atoms with Gasteiger partial charge < -0.3 is 36.8 Å². The molecule has 0 spiro atoms. The molecule has 1 aromatic carbocycles. The highest BCUT2D eigenvalue weighted by molar-refractivity contribution is 5.99. The zero-order valence-electron chi connectivity index (χ0n) is 29.0. The summed E-state index contributed by atoms with van der Waals surface area (Å²) in [5, 5.41) is 33.8. The van der Waals surface area contributed by atoms with Crippen molar-refractivity contribution >= 4 is 35.5 Å². The standard InChI is InChI=1S/C34H55N5O8.CH4/c1-9-11-24(36-32(44)26(17-20(5)6)38-30(42)22-12-14-23(15-13-22)34(46)47)31(43)37-25(16-19(3)4)27(40)18-28(41)39-29(21(7)8)33(45)35-10-2;/h12-15,19-21,24-27,29,40H,9-11,16-18H2,1-8H3,(H,35,45)(H,36,44)(H,37,43)(H,38,42)(H,39,41)(H,46,47);1H4/t24-,25-,26-,27-,29-;/m0./s1. The van der Waals surface area contributed by atoms with Crippen molar-refractivity contribution in [2.75, 3.05) is 6.54 Å². The van der Waals surface area contributed by atoms with E-state index >= 15 is 0 Å². The molecule has 0 aliphatic carbocycles. The van der Waals surface area contributed by atoms with Gasteiger partial charge in [0.1, 0.15) is 18.1 Å². The van der Waals surface area contributed by atoms with Gasteiger partial charge in [-0.2, -0.15) is 0 Å². The summed E-state index contributed by atoms with van der Waals surface area (Å²) in [5.41, 5.74) is 0.201. The molecular weight excluding hydrogens is 618 g/mol. The number of carbonyl (C=O) groups excluding carboxylic acids is 5. The number of carboxylic acids is 1. The lowest BCUT2D eigenvalue weighted by atomic mass is 9.95. The molecule has 0 aromatic heterocycles. The molecule has 13 nitrogen and oxygen atoms in total. The maximum Gasteiger partial charge on any atom is 0.335 e. The first kappa shape index (κ1) is 44.0. The largest absolute Gasteiger partial charge is 0.478 e. The van der Waals surface area contributed by atoms with E-state index in [1.165, 1.54) is 24.3 Å². The van der Waals surface area contributed by atoms with Gasteiger partial charge >= 0.3 is 5.97 Å². The minimum absolute atomic E-state index is 0. The molecule has 0 unspecified atom stereocenters. The SMILES string of the molecule is C.CCC[C@H](NC(=O)[C@H](CC(C)C)NC(=O)c1ccc(C(=O)O)cc1)C(=O)N[C@@H](CC(C)C)[C@@H](O)CC(=O)N[C@H](C(=O)NCC)C(C)C. The molecule has 0 aliphatic heterocycles. The summed E-state index contributed by atoms with van der Waals surface area (Å²) in [6.07, 6.45) is -0.148. The van der Waals surface area contributed by atoms with Crippen LogP contribution < -0.4 is 26.6 Å². The van der Waals surface area contributed by atoms with Crippen LogP contribution in [0.4, 0.5) is 0 Å². The molecule has 0 fully saturated rings. The van der Waals surface area contributed by atoms with Gasteiger partial charge in [0.05, 0.1) is 24.1 Å². The van der Waals surface area contributed by atoms with Crippen molar-refractivity contribution in [3.63, 3.8) is 0 Å². The van der Waals surface area contributed by atoms with Crippen molar-refractivity contribution in [3.8, 4) is 0 Å². The van der Waals surface area contributed by atoms with Crippen molar-refractivity contribution in [3.05, 3.63) is 35.4 Å². The molecule has 48 heavy (non-hydrogen) atoms. The summed E-state index contributed by atoms with van der Waals surface area (Å²) in [7, 11) is 0. The second-order valence-electron chi connectivity index (χ2n) is 13.1. The van der Waals surface area contributed by atoms with E-state index in [2.05, 4.69) is 26.6 Å². The Labute approximate surface area is 285 Å². The molecular formula is C35H59N5O8. The van der Waals surface area contributed by atoms with Crippen LogP contribution in [-0.2, 0) is 19.2 Å². The lowest BCUT2D eigenvalue weighted by molar-refractivity contribution is -0.132. The van der Waals surface area contributed by atoms with E-state index in [0.717, 1.165) is 0 Å². The molecule has 272 valence electrons. The first-order valence-corrected chi connectivity index (χ1v) is 16.5. The quantitative estimate of drug-likeness (QED) is 0.109. The van der Waals surface area contributed by atoms with E-state index in [4.69, 9.17) is 5.11 Å². The van der Waals surface area contributed by atoms with Gasteiger partial charge in [-0.05, 0) is 68.2 Å². The smallest absolute Gasteiger partial charge is 0.335 e. The normalized spacial score (nSPS) is 14.2. The summed E-state index contributed by atoms with van der Waals surface area (Å²) >= 11 is 0. The van der Waals surface area contributed by atoms with Crippen LogP contribution in [0, 0.1) is 17.8 Å². The Balaban J connectivity index is 0.0000221. The summed E-state index contributed by atoms with van der Waals surface area (Å²) in [5.74, 6) is -3.77. The van der Waals surface area contributed by atoms with E-state index in [1.807, 2.05) is 34.6 Å². The number of nitrogens with one attached hydrogen (secondary N) is 5. The lowest BCUT2D eigenvalue weighted by Crippen LogP contribution is -2.57. The topological polar surface area (TPSA) is 203 Å². The molecule has 0 saturated heterocycles. The van der Waals surface area contributed by atoms with Gasteiger partial charge in [-0.15, -0.1) is 0 Å². The fourth-order valence-corrected chi connectivity index (χ4v) is 5.03. The van der Waals surface area contributed by atoms with Gasteiger partial charge in [0.25, 0.3) is 5.91 Å². The number of aromatic carboxylic acids is 1. The van der Waals surface area contributed by atoms with E-state index in [9.17, 15) is 33.9 Å². The van der Waals surface area contributed by atoms with Crippen molar-refractivity contribution in [1.82, 2.24) is 26.6 Å². The summed E-state index contributed by atoms with van der Waals surface area (Å²) in [6, 6.07) is 1.77. The number of amides is 5. The van der Waals surface area contributed by atoms with Crippen molar-refractivity contribution in [1.29, 1.82) is 0 Å². The van der Waals surface area contributed by atoms with E-state index in [0.29, 0.717) is 19.4 Å². The van der Waals surface area contributed by atoms with Crippen LogP contribution in [-0.4, -0.2) is 82.5 Å². The highest BCUT2D eigenvalue weighted by Crippen LogP contribution is 2.14. The van der Waals surface area contributed by atoms with Crippen LogP contribution in [0.5, 0.6) is 0 Å². The van der Waals surface area contributed by atoms with E-state index in [1.54, 1.807) is 20.8 Å². The Morgan fingerprint density at radius 1 is 0.708 bits per heavy atom. The number of benzene rings is 1. The van der Waals surface area contributed by atoms with Crippen molar-refractivity contribution in [2.24, 2.45) is 17.8 Å². The van der Waals surface area contributed by atoms with Gasteiger partial charge in [-0.25, -0.2) is 4.79 Å². The van der Waals surface area contributed by atoms with Crippen LogP contribution >= 0.6 is 0 Å². The van der Waals surface area contributed by atoms with Gasteiger partial charge in [-0.3, -0.25) is 24.0 Å². The molecule has 0 bridgehead atoms. The maximum atomic E-state index is 13.5. The number of carbonyl (C=O) groups is 6. The number of hydrogen-bond acceptors (Lipinski definition) is 7. The van der Waals surface area contributed by atoms with Crippen LogP contribution in [0.15, 0.2) is 24.3 Å². The minimum Gasteiger partial charge on any atom is -0.478 e. The second kappa shape index (κ2) is 21.8. The molecule has 5 atom stereocenters. The number of hydrogen-bond donors (Lipinski definition) is 7. The van der Waals surface area contributed by atoms with Gasteiger partial charge in [0.15, 0.2) is 0 Å². The van der Waals surface area contributed by atoms with Crippen LogP contribution in [0.3, 0.4) is 0 Å². The number of likely N-dealkylation sites (N-methyl/N-ethyl adjacent to an activating group) is 1. The Hall–Kier alpha value is -4.00. The fraction of sp³-hybridized carbons (Fsp3) is 0.657. The third kappa shape index (κ3) is 15.3. The highest BCUT2D eigenvalue weighted by Gasteiger charge is 2.32. The monoisotopic (exact) mass is 677 g/mol. The van der Waals surface area contributed by atoms with Crippen molar-refractivity contribution < 1.29 is 39.0 Å². The Kier molecular flexibility index (Phi) is 20.0. The average molecular weight is 678 g/mol. The van der Waals surface area contributed by atoms with E-state index in [-0.39, 0.29) is 61.5 Å². The van der Waals surface area contributed by atoms with Crippen LogP contribution in [0.25, 0.3) is 0 Å². The highest BCUT2D eigenvalue weighted by atomic mass is 16.4. The lowest BCUT2D eigenvalue weighted by Gasteiger charge is -2.29. The van der Waals surface area contributed by atoms with Crippen LogP contribution in [0.2, 0.25) is 0 Å².